The Morgan fingerprint density at radius 1 is 1.17 bits per heavy atom. The Bertz CT molecular complexity index is 248. The van der Waals surface area contributed by atoms with Crippen molar-refractivity contribution in [1.29, 1.82) is 0 Å². The van der Waals surface area contributed by atoms with E-state index in [-0.39, 0.29) is 30.0 Å². The van der Waals surface area contributed by atoms with Crippen molar-refractivity contribution in [2.75, 3.05) is 14.1 Å². The summed E-state index contributed by atoms with van der Waals surface area (Å²) in [5, 5.41) is 0. The summed E-state index contributed by atoms with van der Waals surface area (Å²) in [4.78, 5) is 12.8. The third-order valence-electron chi connectivity index (χ3n) is 1.32. The average molecular weight is 278 g/mol. The molecule has 1 aromatic heterocycles. The van der Waals surface area contributed by atoms with E-state index in [0.717, 1.165) is 0 Å². The van der Waals surface area contributed by atoms with Gasteiger partial charge >= 0.3 is 6.03 Å². The van der Waals surface area contributed by atoms with Gasteiger partial charge in [0.25, 0.3) is 0 Å². The van der Waals surface area contributed by atoms with Crippen LogP contribution in [0.1, 0.15) is 0 Å². The molecule has 0 atom stereocenters. The van der Waals surface area contributed by atoms with Crippen molar-refractivity contribution in [2.45, 2.75) is 0 Å². The highest BCUT2D eigenvalue weighted by Gasteiger charge is 2.13. The molecule has 1 rings (SSSR count). The van der Waals surface area contributed by atoms with E-state index in [4.69, 9.17) is 0 Å². The minimum Gasteiger partial charge on any atom is -1.00 e. The predicted octanol–water partition coefficient (Wildman–Crippen LogP) is -2.49. The van der Waals surface area contributed by atoms with Crippen LogP contribution in [0.25, 0.3) is 0 Å². The molecule has 4 heteroatoms. The fraction of sp³-hybridized carbons (Fsp3) is 0.250. The first kappa shape index (κ1) is 11.4. The second-order valence-corrected chi connectivity index (χ2v) is 2.46. The van der Waals surface area contributed by atoms with Crippen LogP contribution in [-0.4, -0.2) is 25.0 Å². The third kappa shape index (κ3) is 2.77. The lowest BCUT2D eigenvalue weighted by atomic mass is 10.5. The van der Waals surface area contributed by atoms with E-state index in [9.17, 15) is 4.79 Å². The van der Waals surface area contributed by atoms with Crippen LogP contribution in [0.15, 0.2) is 30.6 Å². The van der Waals surface area contributed by atoms with E-state index in [0.29, 0.717) is 0 Å². The van der Waals surface area contributed by atoms with Gasteiger partial charge in [-0.1, -0.05) is 6.07 Å². The van der Waals surface area contributed by atoms with Crippen LogP contribution in [0, 0.1) is 0 Å². The van der Waals surface area contributed by atoms with Gasteiger partial charge in [0.1, 0.15) is 0 Å². The first-order chi connectivity index (χ1) is 5.22. The Hall–Kier alpha value is -0.650. The number of rotatable bonds is 0. The van der Waals surface area contributed by atoms with Crippen LogP contribution in [0.2, 0.25) is 0 Å². The minimum absolute atomic E-state index is 0. The molecular formula is C8H11IN2O. The summed E-state index contributed by atoms with van der Waals surface area (Å²) < 4.78 is 1.53. The van der Waals surface area contributed by atoms with Gasteiger partial charge in [-0.2, -0.15) is 9.36 Å². The van der Waals surface area contributed by atoms with Crippen LogP contribution in [0.5, 0.6) is 0 Å². The average Bonchev–Trinajstić information content (AvgIpc) is 2.05. The molecule has 0 N–H and O–H groups in total. The lowest BCUT2D eigenvalue weighted by Gasteiger charge is -2.01. The van der Waals surface area contributed by atoms with Gasteiger partial charge in [-0.25, -0.2) is 4.90 Å². The fourth-order valence-corrected chi connectivity index (χ4v) is 0.757. The van der Waals surface area contributed by atoms with E-state index < -0.39 is 0 Å². The van der Waals surface area contributed by atoms with Crippen LogP contribution in [-0.2, 0) is 0 Å². The molecule has 3 nitrogen and oxygen atoms in total. The van der Waals surface area contributed by atoms with Crippen LogP contribution in [0.3, 0.4) is 0 Å². The second-order valence-electron chi connectivity index (χ2n) is 2.46. The predicted molar refractivity (Wildman–Crippen MR) is 41.1 cm³/mol. The Kier molecular flexibility index (Phi) is 4.80. The molecule has 0 aromatic carbocycles. The molecule has 1 aromatic rings. The molecule has 0 spiro atoms. The van der Waals surface area contributed by atoms with E-state index in [1.165, 1.54) is 9.47 Å². The van der Waals surface area contributed by atoms with Crippen molar-refractivity contribution in [1.82, 2.24) is 4.90 Å². The summed E-state index contributed by atoms with van der Waals surface area (Å²) in [7, 11) is 3.45. The molecule has 1 heterocycles. The van der Waals surface area contributed by atoms with Crippen LogP contribution in [0.4, 0.5) is 4.79 Å². The number of amides is 1. The van der Waals surface area contributed by atoms with Gasteiger partial charge in [0.15, 0.2) is 0 Å². The van der Waals surface area contributed by atoms with E-state index >= 15 is 0 Å². The summed E-state index contributed by atoms with van der Waals surface area (Å²) in [5.41, 5.74) is 0. The van der Waals surface area contributed by atoms with Crippen molar-refractivity contribution >= 4 is 6.03 Å². The standard InChI is InChI=1S/C8H11N2O.HI/c1-9(2)8(11)10-6-4-3-5-7-10;/h3-7H,1-2H3;1H/q+1;/p-1. The molecule has 0 aliphatic carbocycles. The monoisotopic (exact) mass is 278 g/mol. The minimum atomic E-state index is -0.0365. The molecule has 0 bridgehead atoms. The second kappa shape index (κ2) is 5.08. The Labute approximate surface area is 89.0 Å². The van der Waals surface area contributed by atoms with Crippen molar-refractivity contribution in [2.24, 2.45) is 0 Å². The Balaban J connectivity index is 0.00000121. The molecule has 12 heavy (non-hydrogen) atoms. The molecule has 0 saturated carbocycles. The molecule has 0 aliphatic heterocycles. The topological polar surface area (TPSA) is 24.2 Å². The van der Waals surface area contributed by atoms with Gasteiger partial charge < -0.3 is 24.0 Å². The van der Waals surface area contributed by atoms with Gasteiger partial charge in [0.05, 0.1) is 26.5 Å². The van der Waals surface area contributed by atoms with E-state index in [2.05, 4.69) is 0 Å². The zero-order valence-electron chi connectivity index (χ0n) is 7.07. The van der Waals surface area contributed by atoms with E-state index in [1.807, 2.05) is 18.2 Å². The number of hydrogen-bond donors (Lipinski definition) is 0. The third-order valence-corrected chi connectivity index (χ3v) is 1.32. The number of carbonyl (C=O) groups is 1. The number of aromatic nitrogens is 1. The van der Waals surface area contributed by atoms with Crippen molar-refractivity contribution in [3.05, 3.63) is 30.6 Å². The Morgan fingerprint density at radius 2 is 1.67 bits per heavy atom. The number of pyridine rings is 1. The first-order valence-electron chi connectivity index (χ1n) is 3.40. The number of hydrogen-bond acceptors (Lipinski definition) is 1. The quantitative estimate of drug-likeness (QED) is 0.380. The normalized spacial score (nSPS) is 8.50. The summed E-state index contributed by atoms with van der Waals surface area (Å²) in [5.74, 6) is 0. The van der Waals surface area contributed by atoms with Crippen LogP contribution >= 0.6 is 0 Å². The lowest BCUT2D eigenvalue weighted by Crippen LogP contribution is -3.00. The number of nitrogens with zero attached hydrogens (tertiary/aromatic N) is 2. The van der Waals surface area contributed by atoms with Gasteiger partial charge in [-0.3, -0.25) is 0 Å². The molecule has 0 radical (unpaired) electrons. The zero-order valence-corrected chi connectivity index (χ0v) is 9.22. The zero-order chi connectivity index (χ0) is 8.27. The van der Waals surface area contributed by atoms with E-state index in [1.54, 1.807) is 26.5 Å². The van der Waals surface area contributed by atoms with Crippen molar-refractivity contribution in [3.63, 3.8) is 0 Å². The molecule has 0 aliphatic rings. The molecule has 0 unspecified atom stereocenters. The SMILES string of the molecule is CN(C)C(=O)[n+]1ccccc1.[I-]. The summed E-state index contributed by atoms with van der Waals surface area (Å²) >= 11 is 0. The highest BCUT2D eigenvalue weighted by molar-refractivity contribution is 5.63. The number of halogens is 1. The fourth-order valence-electron chi connectivity index (χ4n) is 0.757. The van der Waals surface area contributed by atoms with Gasteiger partial charge in [0.2, 0.25) is 0 Å². The molecule has 66 valence electrons. The largest absolute Gasteiger partial charge is 1.00 e. The first-order valence-corrected chi connectivity index (χ1v) is 3.40. The lowest BCUT2D eigenvalue weighted by molar-refractivity contribution is -0.577. The highest BCUT2D eigenvalue weighted by atomic mass is 127. The molecule has 1 amide bonds. The number of carbonyl (C=O) groups excluding carboxylic acids is 1. The summed E-state index contributed by atoms with van der Waals surface area (Å²) in [6.07, 6.45) is 3.45. The summed E-state index contributed by atoms with van der Waals surface area (Å²) in [6, 6.07) is 5.48. The van der Waals surface area contributed by atoms with Gasteiger partial charge in [-0.05, 0) is 12.1 Å². The maximum atomic E-state index is 11.2. The van der Waals surface area contributed by atoms with Crippen molar-refractivity contribution in [3.8, 4) is 0 Å². The van der Waals surface area contributed by atoms with Gasteiger partial charge in [0, 0.05) is 0 Å². The maximum absolute atomic E-state index is 11.2. The molecule has 0 saturated heterocycles. The summed E-state index contributed by atoms with van der Waals surface area (Å²) in [6.45, 7) is 0. The maximum Gasteiger partial charge on any atom is 0.497 e. The van der Waals surface area contributed by atoms with Gasteiger partial charge in [-0.15, -0.1) is 0 Å². The molecular weight excluding hydrogens is 267 g/mol. The van der Waals surface area contributed by atoms with Crippen LogP contribution < -0.4 is 28.5 Å². The van der Waals surface area contributed by atoms with Crippen molar-refractivity contribution < 1.29 is 33.3 Å². The highest BCUT2D eigenvalue weighted by Crippen LogP contribution is 1.80. The smallest absolute Gasteiger partial charge is 0.497 e. The molecule has 0 fully saturated rings. The Morgan fingerprint density at radius 3 is 2.08 bits per heavy atom.